The van der Waals surface area contributed by atoms with Crippen molar-refractivity contribution in [3.8, 4) is 11.1 Å². The molecule has 0 unspecified atom stereocenters. The van der Waals surface area contributed by atoms with E-state index >= 15 is 0 Å². The van der Waals surface area contributed by atoms with E-state index in [1.165, 1.54) is 4.88 Å². The molecule has 4 aromatic rings. The van der Waals surface area contributed by atoms with Crippen molar-refractivity contribution in [1.82, 2.24) is 9.97 Å². The molecule has 0 spiro atoms. The third kappa shape index (κ3) is 4.33. The van der Waals surface area contributed by atoms with Gasteiger partial charge in [-0.15, -0.1) is 11.3 Å². The predicted molar refractivity (Wildman–Crippen MR) is 125 cm³/mol. The van der Waals surface area contributed by atoms with E-state index < -0.39 is 0 Å². The summed E-state index contributed by atoms with van der Waals surface area (Å²) in [7, 11) is 0. The van der Waals surface area contributed by atoms with Crippen LogP contribution in [0, 0.1) is 20.8 Å². The molecular formula is C24H24N4OS. The highest BCUT2D eigenvalue weighted by molar-refractivity contribution is 7.19. The van der Waals surface area contributed by atoms with Crippen LogP contribution in [0.4, 0.5) is 11.5 Å². The molecule has 0 saturated heterocycles. The first-order valence-electron chi connectivity index (χ1n) is 9.93. The van der Waals surface area contributed by atoms with Crippen LogP contribution in [0.15, 0.2) is 54.9 Å². The van der Waals surface area contributed by atoms with Crippen molar-refractivity contribution in [2.45, 2.75) is 27.2 Å². The van der Waals surface area contributed by atoms with Gasteiger partial charge in [-0.25, -0.2) is 9.97 Å². The molecule has 5 nitrogen and oxygen atoms in total. The zero-order valence-electron chi connectivity index (χ0n) is 17.3. The van der Waals surface area contributed by atoms with Crippen molar-refractivity contribution in [3.63, 3.8) is 0 Å². The highest BCUT2D eigenvalue weighted by Gasteiger charge is 2.16. The monoisotopic (exact) mass is 416 g/mol. The van der Waals surface area contributed by atoms with Gasteiger partial charge in [-0.1, -0.05) is 36.4 Å². The molecule has 2 aromatic heterocycles. The fraction of sp³-hybridized carbons (Fsp3) is 0.208. The molecular weight excluding hydrogens is 392 g/mol. The lowest BCUT2D eigenvalue weighted by atomic mass is 10.0. The standard InChI is InChI=1S/C24H24N4OS/c1-15-11-16(2)13-19(12-15)28-20(29)9-10-25-23-22-21(18-7-5-4-6-8-18)17(3)30-24(22)27-14-26-23/h4-8,11-14H,9-10H2,1-3H3,(H,28,29)(H,25,26,27). The second-order valence-electron chi connectivity index (χ2n) is 7.40. The largest absolute Gasteiger partial charge is 0.369 e. The summed E-state index contributed by atoms with van der Waals surface area (Å²) in [6.07, 6.45) is 1.92. The summed E-state index contributed by atoms with van der Waals surface area (Å²) in [4.78, 5) is 23.5. The number of carbonyl (C=O) groups excluding carboxylic acids is 1. The fourth-order valence-electron chi connectivity index (χ4n) is 3.70. The van der Waals surface area contributed by atoms with Gasteiger partial charge in [0.15, 0.2) is 0 Å². The fourth-order valence-corrected chi connectivity index (χ4v) is 4.71. The minimum atomic E-state index is -0.0254. The number of benzene rings is 2. The Kier molecular flexibility index (Phi) is 5.77. The number of hydrogen-bond donors (Lipinski definition) is 2. The summed E-state index contributed by atoms with van der Waals surface area (Å²) in [5, 5.41) is 7.34. The van der Waals surface area contributed by atoms with Crippen LogP contribution < -0.4 is 10.6 Å². The second-order valence-corrected chi connectivity index (χ2v) is 8.61. The Morgan fingerprint density at radius 1 is 1.00 bits per heavy atom. The van der Waals surface area contributed by atoms with Crippen molar-refractivity contribution in [1.29, 1.82) is 0 Å². The number of amides is 1. The molecule has 0 fully saturated rings. The Balaban J connectivity index is 1.50. The van der Waals surface area contributed by atoms with Crippen molar-refractivity contribution < 1.29 is 4.79 Å². The molecule has 0 aliphatic heterocycles. The number of aromatic nitrogens is 2. The first-order valence-corrected chi connectivity index (χ1v) is 10.7. The number of nitrogens with zero attached hydrogens (tertiary/aromatic N) is 2. The van der Waals surface area contributed by atoms with E-state index in [-0.39, 0.29) is 5.91 Å². The van der Waals surface area contributed by atoms with E-state index in [1.807, 2.05) is 44.2 Å². The van der Waals surface area contributed by atoms with E-state index in [0.29, 0.717) is 13.0 Å². The van der Waals surface area contributed by atoms with E-state index in [4.69, 9.17) is 0 Å². The van der Waals surface area contributed by atoms with Crippen molar-refractivity contribution in [3.05, 3.63) is 70.9 Å². The molecule has 152 valence electrons. The molecule has 0 aliphatic rings. The topological polar surface area (TPSA) is 66.9 Å². The summed E-state index contributed by atoms with van der Waals surface area (Å²) in [6, 6.07) is 16.3. The average Bonchev–Trinajstić information content (AvgIpc) is 3.04. The summed E-state index contributed by atoms with van der Waals surface area (Å²) >= 11 is 1.66. The third-order valence-corrected chi connectivity index (χ3v) is 5.89. The quantitative estimate of drug-likeness (QED) is 0.422. The normalized spacial score (nSPS) is 10.9. The van der Waals surface area contributed by atoms with Gasteiger partial charge in [0.1, 0.15) is 17.0 Å². The van der Waals surface area contributed by atoms with Crippen LogP contribution in [0.3, 0.4) is 0 Å². The Morgan fingerprint density at radius 3 is 2.47 bits per heavy atom. The number of rotatable bonds is 6. The molecule has 0 atom stereocenters. The van der Waals surface area contributed by atoms with Gasteiger partial charge in [-0.2, -0.15) is 0 Å². The van der Waals surface area contributed by atoms with E-state index in [2.05, 4.69) is 45.7 Å². The highest BCUT2D eigenvalue weighted by atomic mass is 32.1. The molecule has 1 amide bonds. The Bertz CT molecular complexity index is 1180. The minimum Gasteiger partial charge on any atom is -0.369 e. The van der Waals surface area contributed by atoms with Gasteiger partial charge < -0.3 is 10.6 Å². The SMILES string of the molecule is Cc1cc(C)cc(NC(=O)CCNc2ncnc3sc(C)c(-c4ccccc4)c23)c1. The van der Waals surface area contributed by atoms with Crippen LogP contribution in [0.5, 0.6) is 0 Å². The van der Waals surface area contributed by atoms with Crippen LogP contribution in [-0.2, 0) is 4.79 Å². The lowest BCUT2D eigenvalue weighted by Gasteiger charge is -2.10. The second kappa shape index (κ2) is 8.63. The van der Waals surface area contributed by atoms with Gasteiger partial charge in [-0.05, 0) is 49.6 Å². The zero-order valence-corrected chi connectivity index (χ0v) is 18.1. The molecule has 2 N–H and O–H groups in total. The average molecular weight is 417 g/mol. The number of fused-ring (bicyclic) bond motifs is 1. The molecule has 30 heavy (non-hydrogen) atoms. The van der Waals surface area contributed by atoms with Crippen molar-refractivity contribution >= 4 is 39.0 Å². The first kappa shape index (κ1) is 20.0. The molecule has 0 bridgehead atoms. The molecule has 4 rings (SSSR count). The van der Waals surface area contributed by atoms with Crippen LogP contribution >= 0.6 is 11.3 Å². The van der Waals surface area contributed by atoms with Crippen LogP contribution in [0.1, 0.15) is 22.4 Å². The highest BCUT2D eigenvalue weighted by Crippen LogP contribution is 2.40. The number of hydrogen-bond acceptors (Lipinski definition) is 5. The predicted octanol–water partition coefficient (Wildman–Crippen LogP) is 5.72. The maximum Gasteiger partial charge on any atom is 0.226 e. The lowest BCUT2D eigenvalue weighted by molar-refractivity contribution is -0.115. The summed E-state index contributed by atoms with van der Waals surface area (Å²) in [5.74, 6) is 0.741. The molecule has 0 radical (unpaired) electrons. The molecule has 2 heterocycles. The number of anilines is 2. The Morgan fingerprint density at radius 2 is 1.73 bits per heavy atom. The smallest absolute Gasteiger partial charge is 0.226 e. The van der Waals surface area contributed by atoms with Crippen LogP contribution in [0.2, 0.25) is 0 Å². The van der Waals surface area contributed by atoms with Gasteiger partial charge in [-0.3, -0.25) is 4.79 Å². The van der Waals surface area contributed by atoms with E-state index in [9.17, 15) is 4.79 Å². The molecule has 0 saturated carbocycles. The van der Waals surface area contributed by atoms with Gasteiger partial charge in [0, 0.05) is 29.1 Å². The molecule has 0 aliphatic carbocycles. The van der Waals surface area contributed by atoms with E-state index in [0.717, 1.165) is 44.0 Å². The van der Waals surface area contributed by atoms with Gasteiger partial charge in [0.25, 0.3) is 0 Å². The van der Waals surface area contributed by atoms with Gasteiger partial charge >= 0.3 is 0 Å². The third-order valence-electron chi connectivity index (χ3n) is 4.88. The summed E-state index contributed by atoms with van der Waals surface area (Å²) in [6.45, 7) is 6.65. The lowest BCUT2D eigenvalue weighted by Crippen LogP contribution is -2.16. The van der Waals surface area contributed by atoms with Gasteiger partial charge in [0.05, 0.1) is 5.39 Å². The number of thiophene rings is 1. The Hall–Kier alpha value is -3.25. The number of carbonyl (C=O) groups is 1. The van der Waals surface area contributed by atoms with Gasteiger partial charge in [0.2, 0.25) is 5.91 Å². The van der Waals surface area contributed by atoms with Crippen LogP contribution in [0.25, 0.3) is 21.3 Å². The minimum absolute atomic E-state index is 0.0254. The maximum absolute atomic E-state index is 12.4. The van der Waals surface area contributed by atoms with Crippen LogP contribution in [-0.4, -0.2) is 22.4 Å². The molecule has 6 heteroatoms. The summed E-state index contributed by atoms with van der Waals surface area (Å²) < 4.78 is 0. The number of nitrogens with one attached hydrogen (secondary N) is 2. The maximum atomic E-state index is 12.4. The van der Waals surface area contributed by atoms with Crippen molar-refractivity contribution in [2.24, 2.45) is 0 Å². The first-order chi connectivity index (χ1) is 14.5. The number of aryl methyl sites for hydroxylation is 3. The van der Waals surface area contributed by atoms with Crippen molar-refractivity contribution in [2.75, 3.05) is 17.2 Å². The molecule has 2 aromatic carbocycles. The summed E-state index contributed by atoms with van der Waals surface area (Å²) in [5.41, 5.74) is 5.40. The van der Waals surface area contributed by atoms with E-state index in [1.54, 1.807) is 17.7 Å². The zero-order chi connectivity index (χ0) is 21.1. The Labute approximate surface area is 180 Å².